The predicted octanol–water partition coefficient (Wildman–Crippen LogP) is 4.65. The fraction of sp³-hybridized carbons (Fsp3) is 0.211. The monoisotopic (exact) mass is 422 g/mol. The Labute approximate surface area is 168 Å². The average molecular weight is 423 g/mol. The van der Waals surface area contributed by atoms with E-state index in [9.17, 15) is 8.42 Å². The molecule has 0 aliphatic carbocycles. The van der Waals surface area contributed by atoms with Gasteiger partial charge in [-0.05, 0) is 43.7 Å². The summed E-state index contributed by atoms with van der Waals surface area (Å²) in [6, 6.07) is 12.2. The molecule has 5 nitrogen and oxygen atoms in total. The van der Waals surface area contributed by atoms with Gasteiger partial charge in [-0.25, -0.2) is 18.1 Å². The van der Waals surface area contributed by atoms with Crippen LogP contribution in [0.3, 0.4) is 0 Å². The summed E-state index contributed by atoms with van der Waals surface area (Å²) in [5, 5.41) is 3.33. The van der Waals surface area contributed by atoms with Gasteiger partial charge in [0.15, 0.2) is 0 Å². The van der Waals surface area contributed by atoms with Crippen molar-refractivity contribution in [1.82, 2.24) is 9.71 Å². The third kappa shape index (κ3) is 4.68. The molecule has 0 saturated heterocycles. The van der Waals surface area contributed by atoms with Gasteiger partial charge in [0, 0.05) is 22.5 Å². The zero-order valence-electron chi connectivity index (χ0n) is 14.9. The first-order chi connectivity index (χ1) is 12.9. The Hall–Kier alpha value is -1.93. The van der Waals surface area contributed by atoms with Crippen molar-refractivity contribution in [3.05, 3.63) is 63.4 Å². The topological polar surface area (TPSA) is 68.3 Å². The zero-order chi connectivity index (χ0) is 19.4. The molecule has 0 aliphatic rings. The summed E-state index contributed by atoms with van der Waals surface area (Å²) in [6.07, 6.45) is 0. The molecule has 0 fully saturated rings. The number of aromatic nitrogens is 1. The first kappa shape index (κ1) is 19.8. The highest BCUT2D eigenvalue weighted by molar-refractivity contribution is 7.89. The van der Waals surface area contributed by atoms with Crippen molar-refractivity contribution in [2.45, 2.75) is 25.3 Å². The maximum absolute atomic E-state index is 12.9. The number of hydrogen-bond acceptors (Lipinski definition) is 5. The molecule has 3 rings (SSSR count). The second kappa shape index (κ2) is 8.39. The number of thiazole rings is 1. The fourth-order valence-electron chi connectivity index (χ4n) is 2.54. The Kier molecular flexibility index (Phi) is 6.16. The number of rotatable bonds is 7. The summed E-state index contributed by atoms with van der Waals surface area (Å²) < 4.78 is 34.0. The first-order valence-corrected chi connectivity index (χ1v) is 11.1. The lowest BCUT2D eigenvalue weighted by Gasteiger charge is -2.13. The van der Waals surface area contributed by atoms with Crippen molar-refractivity contribution in [2.24, 2.45) is 0 Å². The Morgan fingerprint density at radius 1 is 1.22 bits per heavy atom. The van der Waals surface area contributed by atoms with Crippen LogP contribution in [0.2, 0.25) is 5.02 Å². The lowest BCUT2D eigenvalue weighted by Crippen LogP contribution is -2.24. The number of sulfonamides is 1. The van der Waals surface area contributed by atoms with Gasteiger partial charge < -0.3 is 4.74 Å². The lowest BCUT2D eigenvalue weighted by molar-refractivity contribution is 0.331. The molecule has 142 valence electrons. The van der Waals surface area contributed by atoms with E-state index in [1.807, 2.05) is 31.4 Å². The molecular formula is C19H19ClN2O3S2. The van der Waals surface area contributed by atoms with E-state index in [2.05, 4.69) is 9.71 Å². The minimum Gasteiger partial charge on any atom is -0.492 e. The van der Waals surface area contributed by atoms with Crippen LogP contribution in [-0.4, -0.2) is 20.0 Å². The summed E-state index contributed by atoms with van der Waals surface area (Å²) in [6.45, 7) is 4.17. The van der Waals surface area contributed by atoms with Crippen LogP contribution in [0, 0.1) is 6.92 Å². The molecule has 27 heavy (non-hydrogen) atoms. The summed E-state index contributed by atoms with van der Waals surface area (Å²) in [7, 11) is -3.81. The normalized spacial score (nSPS) is 11.5. The van der Waals surface area contributed by atoms with Crippen molar-refractivity contribution in [3.8, 4) is 17.0 Å². The standard InChI is InChI=1S/C19H19ClN2O3S2/c1-3-25-18-9-8-14(17-12-26-13(2)22-17)10-19(18)27(23,24)21-11-15-6-4-5-7-16(15)20/h4-10,12,21H,3,11H2,1-2H3. The molecule has 2 aromatic carbocycles. The maximum Gasteiger partial charge on any atom is 0.244 e. The van der Waals surface area contributed by atoms with Gasteiger partial charge in [-0.1, -0.05) is 29.8 Å². The smallest absolute Gasteiger partial charge is 0.244 e. The number of nitrogens with zero attached hydrogens (tertiary/aromatic N) is 1. The summed E-state index contributed by atoms with van der Waals surface area (Å²) in [5.41, 5.74) is 2.16. The van der Waals surface area contributed by atoms with Crippen LogP contribution in [0.15, 0.2) is 52.7 Å². The molecule has 1 aromatic heterocycles. The van der Waals surface area contributed by atoms with Crippen LogP contribution < -0.4 is 9.46 Å². The van der Waals surface area contributed by atoms with E-state index < -0.39 is 10.0 Å². The molecule has 8 heteroatoms. The van der Waals surface area contributed by atoms with Gasteiger partial charge >= 0.3 is 0 Å². The molecule has 0 spiro atoms. The van der Waals surface area contributed by atoms with E-state index in [1.165, 1.54) is 11.3 Å². The van der Waals surface area contributed by atoms with Crippen LogP contribution >= 0.6 is 22.9 Å². The third-order valence-electron chi connectivity index (χ3n) is 3.86. The van der Waals surface area contributed by atoms with Gasteiger partial charge in [-0.3, -0.25) is 0 Å². The first-order valence-electron chi connectivity index (χ1n) is 8.33. The Balaban J connectivity index is 1.95. The maximum atomic E-state index is 12.9. The van der Waals surface area contributed by atoms with E-state index in [-0.39, 0.29) is 11.4 Å². The summed E-state index contributed by atoms with van der Waals surface area (Å²) in [4.78, 5) is 4.51. The van der Waals surface area contributed by atoms with E-state index in [0.29, 0.717) is 22.9 Å². The zero-order valence-corrected chi connectivity index (χ0v) is 17.3. The Bertz CT molecular complexity index is 1050. The van der Waals surface area contributed by atoms with Crippen molar-refractivity contribution in [3.63, 3.8) is 0 Å². The van der Waals surface area contributed by atoms with Crippen molar-refractivity contribution in [1.29, 1.82) is 0 Å². The summed E-state index contributed by atoms with van der Waals surface area (Å²) in [5.74, 6) is 0.305. The van der Waals surface area contributed by atoms with E-state index in [0.717, 1.165) is 16.3 Å². The lowest BCUT2D eigenvalue weighted by atomic mass is 10.2. The molecule has 1 N–H and O–H groups in total. The predicted molar refractivity (Wildman–Crippen MR) is 109 cm³/mol. The number of ether oxygens (including phenoxy) is 1. The second-order valence-electron chi connectivity index (χ2n) is 5.76. The highest BCUT2D eigenvalue weighted by atomic mass is 35.5. The summed E-state index contributed by atoms with van der Waals surface area (Å²) >= 11 is 7.64. The van der Waals surface area contributed by atoms with Crippen molar-refractivity contribution < 1.29 is 13.2 Å². The minimum atomic E-state index is -3.81. The highest BCUT2D eigenvalue weighted by Crippen LogP contribution is 2.31. The van der Waals surface area contributed by atoms with Crippen molar-refractivity contribution in [2.75, 3.05) is 6.61 Å². The molecular weight excluding hydrogens is 404 g/mol. The third-order valence-corrected chi connectivity index (χ3v) is 6.42. The molecule has 0 bridgehead atoms. The van der Waals surface area contributed by atoms with Crippen molar-refractivity contribution >= 4 is 33.0 Å². The number of nitrogens with one attached hydrogen (secondary N) is 1. The Morgan fingerprint density at radius 3 is 2.67 bits per heavy atom. The SMILES string of the molecule is CCOc1ccc(-c2csc(C)n2)cc1S(=O)(=O)NCc1ccccc1Cl. The number of aryl methyl sites for hydroxylation is 1. The molecule has 0 aliphatic heterocycles. The molecule has 0 radical (unpaired) electrons. The van der Waals surface area contributed by atoms with Gasteiger partial charge in [0.2, 0.25) is 10.0 Å². The van der Waals surface area contributed by atoms with Crippen LogP contribution in [0.4, 0.5) is 0 Å². The second-order valence-corrected chi connectivity index (χ2v) is 8.97. The van der Waals surface area contributed by atoms with E-state index in [1.54, 1.807) is 30.3 Å². The van der Waals surface area contributed by atoms with E-state index in [4.69, 9.17) is 16.3 Å². The quantitative estimate of drug-likeness (QED) is 0.601. The van der Waals surface area contributed by atoms with Gasteiger partial charge in [-0.2, -0.15) is 0 Å². The number of halogens is 1. The molecule has 1 heterocycles. The molecule has 0 unspecified atom stereocenters. The fourth-order valence-corrected chi connectivity index (χ4v) is 4.54. The highest BCUT2D eigenvalue weighted by Gasteiger charge is 2.21. The van der Waals surface area contributed by atoms with Crippen LogP contribution in [-0.2, 0) is 16.6 Å². The van der Waals surface area contributed by atoms with Crippen LogP contribution in [0.25, 0.3) is 11.3 Å². The van der Waals surface area contributed by atoms with Crippen LogP contribution in [0.1, 0.15) is 17.5 Å². The van der Waals surface area contributed by atoms with Crippen LogP contribution in [0.5, 0.6) is 5.75 Å². The largest absolute Gasteiger partial charge is 0.492 e. The molecule has 0 saturated carbocycles. The van der Waals surface area contributed by atoms with Gasteiger partial charge in [-0.15, -0.1) is 11.3 Å². The molecule has 0 amide bonds. The average Bonchev–Trinajstić information content (AvgIpc) is 3.08. The Morgan fingerprint density at radius 2 is 2.00 bits per heavy atom. The molecule has 3 aromatic rings. The van der Waals surface area contributed by atoms with Gasteiger partial charge in [0.1, 0.15) is 10.6 Å². The van der Waals surface area contributed by atoms with Gasteiger partial charge in [0.25, 0.3) is 0 Å². The minimum absolute atomic E-state index is 0.0829. The van der Waals surface area contributed by atoms with E-state index >= 15 is 0 Å². The number of hydrogen-bond donors (Lipinski definition) is 1. The number of benzene rings is 2. The van der Waals surface area contributed by atoms with Gasteiger partial charge in [0.05, 0.1) is 17.3 Å². The molecule has 0 atom stereocenters.